The molecule has 1 fully saturated rings. The Balaban J connectivity index is 1.66. The number of aromatic amines is 1. The second kappa shape index (κ2) is 6.71. The number of aliphatic hydroxyl groups excluding tert-OH is 1. The standard InChI is InChI=1S/C14H19N7O2/c15-14(23)10-1-2-13(16-5-10)21-4-3-20(8-12(22)9-21)7-11-6-17-19-18-11/h1-2,5-6,12,22H,3-4,7-9H2,(H2,15,23)(H,17,18,19)/t12-/m0/s1. The number of carbonyl (C=O) groups excluding carboxylic acids is 1. The molecule has 3 rings (SSSR count). The first-order valence-corrected chi connectivity index (χ1v) is 7.37. The van der Waals surface area contributed by atoms with E-state index in [-0.39, 0.29) is 0 Å². The van der Waals surface area contributed by atoms with E-state index in [1.165, 1.54) is 6.20 Å². The van der Waals surface area contributed by atoms with E-state index in [1.54, 1.807) is 18.3 Å². The normalized spacial score (nSPS) is 19.5. The molecule has 122 valence electrons. The van der Waals surface area contributed by atoms with Crippen LogP contribution in [0.1, 0.15) is 16.1 Å². The van der Waals surface area contributed by atoms with E-state index in [4.69, 9.17) is 5.73 Å². The molecule has 3 heterocycles. The molecule has 0 aliphatic carbocycles. The highest BCUT2D eigenvalue weighted by atomic mass is 16.3. The number of anilines is 1. The minimum absolute atomic E-state index is 0.372. The van der Waals surface area contributed by atoms with Crippen LogP contribution in [0, 0.1) is 0 Å². The van der Waals surface area contributed by atoms with Crippen LogP contribution in [-0.2, 0) is 6.54 Å². The number of hydrogen-bond donors (Lipinski definition) is 3. The van der Waals surface area contributed by atoms with Crippen molar-refractivity contribution in [2.24, 2.45) is 5.73 Å². The van der Waals surface area contributed by atoms with Crippen molar-refractivity contribution in [2.45, 2.75) is 12.6 Å². The number of aromatic nitrogens is 4. The summed E-state index contributed by atoms with van der Waals surface area (Å²) in [5, 5.41) is 20.7. The van der Waals surface area contributed by atoms with Gasteiger partial charge in [-0.05, 0) is 12.1 Å². The molecule has 0 bridgehead atoms. The largest absolute Gasteiger partial charge is 0.390 e. The molecule has 1 atom stereocenters. The molecule has 9 nitrogen and oxygen atoms in total. The van der Waals surface area contributed by atoms with Gasteiger partial charge in [0.2, 0.25) is 5.91 Å². The van der Waals surface area contributed by atoms with Crippen molar-refractivity contribution in [1.82, 2.24) is 25.3 Å². The number of β-amino-alcohol motifs (C(OH)–C–C–N with tert-alkyl or cyclic N) is 1. The van der Waals surface area contributed by atoms with E-state index in [1.807, 2.05) is 4.90 Å². The molecule has 0 spiro atoms. The first-order valence-electron chi connectivity index (χ1n) is 7.37. The van der Waals surface area contributed by atoms with Gasteiger partial charge in [-0.25, -0.2) is 4.98 Å². The highest BCUT2D eigenvalue weighted by Gasteiger charge is 2.22. The molecule has 1 aliphatic rings. The van der Waals surface area contributed by atoms with Crippen LogP contribution >= 0.6 is 0 Å². The molecule has 0 aromatic carbocycles. The van der Waals surface area contributed by atoms with Crippen LogP contribution < -0.4 is 10.6 Å². The molecule has 1 amide bonds. The molecule has 23 heavy (non-hydrogen) atoms. The Morgan fingerprint density at radius 1 is 1.35 bits per heavy atom. The Bertz CT molecular complexity index is 644. The van der Waals surface area contributed by atoms with Gasteiger partial charge in [-0.3, -0.25) is 9.69 Å². The molecule has 2 aromatic heterocycles. The summed E-state index contributed by atoms with van der Waals surface area (Å²) in [7, 11) is 0. The van der Waals surface area contributed by atoms with Gasteiger partial charge in [-0.1, -0.05) is 0 Å². The van der Waals surface area contributed by atoms with Crippen molar-refractivity contribution in [3.8, 4) is 0 Å². The molecule has 1 aliphatic heterocycles. The first-order chi connectivity index (χ1) is 11.1. The van der Waals surface area contributed by atoms with Gasteiger partial charge < -0.3 is 15.7 Å². The summed E-state index contributed by atoms with van der Waals surface area (Å²) in [6.45, 7) is 3.16. The van der Waals surface area contributed by atoms with Crippen molar-refractivity contribution in [3.05, 3.63) is 35.8 Å². The fraction of sp³-hybridized carbons (Fsp3) is 0.429. The fourth-order valence-corrected chi connectivity index (χ4v) is 2.66. The van der Waals surface area contributed by atoms with Crippen LogP contribution in [-0.4, -0.2) is 68.6 Å². The third-order valence-corrected chi connectivity index (χ3v) is 3.79. The number of rotatable bonds is 4. The highest BCUT2D eigenvalue weighted by molar-refractivity contribution is 5.92. The lowest BCUT2D eigenvalue weighted by Crippen LogP contribution is -2.33. The Morgan fingerprint density at radius 2 is 2.22 bits per heavy atom. The van der Waals surface area contributed by atoms with Gasteiger partial charge in [-0.15, -0.1) is 0 Å². The van der Waals surface area contributed by atoms with Gasteiger partial charge in [0.15, 0.2) is 0 Å². The minimum Gasteiger partial charge on any atom is -0.390 e. The minimum atomic E-state index is -0.501. The quantitative estimate of drug-likeness (QED) is 0.659. The van der Waals surface area contributed by atoms with E-state index in [9.17, 15) is 9.90 Å². The second-order valence-corrected chi connectivity index (χ2v) is 5.57. The zero-order valence-electron chi connectivity index (χ0n) is 12.6. The van der Waals surface area contributed by atoms with Crippen LogP contribution in [0.4, 0.5) is 5.82 Å². The summed E-state index contributed by atoms with van der Waals surface area (Å²) in [4.78, 5) is 19.5. The van der Waals surface area contributed by atoms with Gasteiger partial charge in [0.25, 0.3) is 0 Å². The molecule has 2 aromatic rings. The monoisotopic (exact) mass is 317 g/mol. The van der Waals surface area contributed by atoms with Crippen LogP contribution in [0.5, 0.6) is 0 Å². The topological polar surface area (TPSA) is 124 Å². The van der Waals surface area contributed by atoms with E-state index < -0.39 is 12.0 Å². The van der Waals surface area contributed by atoms with Gasteiger partial charge in [0, 0.05) is 38.9 Å². The lowest BCUT2D eigenvalue weighted by Gasteiger charge is -2.22. The third kappa shape index (κ3) is 3.82. The summed E-state index contributed by atoms with van der Waals surface area (Å²) in [5.41, 5.74) is 6.43. The average molecular weight is 317 g/mol. The SMILES string of the molecule is NC(=O)c1ccc(N2CCN(Cc3cn[nH]n3)C[C@H](O)C2)nc1. The fourth-order valence-electron chi connectivity index (χ4n) is 2.66. The Hall–Kier alpha value is -2.52. The van der Waals surface area contributed by atoms with E-state index >= 15 is 0 Å². The number of nitrogens with two attached hydrogens (primary N) is 1. The summed E-state index contributed by atoms with van der Waals surface area (Å²) in [6, 6.07) is 3.40. The lowest BCUT2D eigenvalue weighted by atomic mass is 10.2. The van der Waals surface area contributed by atoms with Crippen molar-refractivity contribution >= 4 is 11.7 Å². The van der Waals surface area contributed by atoms with E-state index in [2.05, 4.69) is 25.3 Å². The molecule has 1 saturated heterocycles. The highest BCUT2D eigenvalue weighted by Crippen LogP contribution is 2.15. The second-order valence-electron chi connectivity index (χ2n) is 5.57. The lowest BCUT2D eigenvalue weighted by molar-refractivity contribution is 0.1000. The number of pyridine rings is 1. The molecular formula is C14H19N7O2. The van der Waals surface area contributed by atoms with Crippen molar-refractivity contribution in [2.75, 3.05) is 31.1 Å². The summed E-state index contributed by atoms with van der Waals surface area (Å²) < 4.78 is 0. The van der Waals surface area contributed by atoms with Crippen molar-refractivity contribution in [1.29, 1.82) is 0 Å². The van der Waals surface area contributed by atoms with Gasteiger partial charge in [0.05, 0.1) is 23.6 Å². The van der Waals surface area contributed by atoms with Crippen LogP contribution in [0.15, 0.2) is 24.5 Å². The number of aliphatic hydroxyl groups is 1. The molecule has 0 saturated carbocycles. The zero-order valence-corrected chi connectivity index (χ0v) is 12.6. The third-order valence-electron chi connectivity index (χ3n) is 3.79. The van der Waals surface area contributed by atoms with Crippen LogP contribution in [0.25, 0.3) is 0 Å². The number of amides is 1. The number of nitrogens with one attached hydrogen (secondary N) is 1. The van der Waals surface area contributed by atoms with Gasteiger partial charge in [0.1, 0.15) is 5.82 Å². The Kier molecular flexibility index (Phi) is 4.49. The molecular weight excluding hydrogens is 298 g/mol. The molecule has 0 unspecified atom stereocenters. The van der Waals surface area contributed by atoms with Gasteiger partial charge >= 0.3 is 0 Å². The van der Waals surface area contributed by atoms with Crippen molar-refractivity contribution in [3.63, 3.8) is 0 Å². The Morgan fingerprint density at radius 3 is 2.87 bits per heavy atom. The molecule has 9 heteroatoms. The Labute approximate surface area is 133 Å². The average Bonchev–Trinajstić information content (AvgIpc) is 2.96. The maximum Gasteiger partial charge on any atom is 0.250 e. The number of primary amides is 1. The predicted molar refractivity (Wildman–Crippen MR) is 82.6 cm³/mol. The molecule has 0 radical (unpaired) electrons. The zero-order chi connectivity index (χ0) is 16.2. The first kappa shape index (κ1) is 15.4. The van der Waals surface area contributed by atoms with Gasteiger partial charge in [-0.2, -0.15) is 15.4 Å². The van der Waals surface area contributed by atoms with Crippen LogP contribution in [0.2, 0.25) is 0 Å². The van der Waals surface area contributed by atoms with Crippen LogP contribution in [0.3, 0.4) is 0 Å². The number of H-pyrrole nitrogens is 1. The number of hydrogen-bond acceptors (Lipinski definition) is 7. The number of carbonyl (C=O) groups is 1. The maximum absolute atomic E-state index is 11.1. The number of nitrogens with zero attached hydrogens (tertiary/aromatic N) is 5. The maximum atomic E-state index is 11.1. The predicted octanol–water partition coefficient (Wildman–Crippen LogP) is -1.02. The van der Waals surface area contributed by atoms with Crippen molar-refractivity contribution < 1.29 is 9.90 Å². The van der Waals surface area contributed by atoms with E-state index in [0.717, 1.165) is 24.6 Å². The smallest absolute Gasteiger partial charge is 0.250 e. The summed E-state index contributed by atoms with van der Waals surface area (Å²) in [5.74, 6) is 0.219. The summed E-state index contributed by atoms with van der Waals surface area (Å²) in [6.07, 6.45) is 2.64. The van der Waals surface area contributed by atoms with E-state index in [0.29, 0.717) is 25.2 Å². The summed E-state index contributed by atoms with van der Waals surface area (Å²) >= 11 is 0. The molecule has 4 N–H and O–H groups in total.